The summed E-state index contributed by atoms with van der Waals surface area (Å²) in [4.78, 5) is 5.17. The molecule has 3 nitrogen and oxygen atoms in total. The van der Waals surface area contributed by atoms with E-state index in [0.717, 1.165) is 12.6 Å². The Morgan fingerprint density at radius 3 is 2.37 bits per heavy atom. The smallest absolute Gasteiger partial charge is 0.0165 e. The molecule has 0 aliphatic carbocycles. The van der Waals surface area contributed by atoms with Gasteiger partial charge in [0, 0.05) is 25.7 Å². The molecule has 110 valence electrons. The molecule has 2 rings (SSSR count). The summed E-state index contributed by atoms with van der Waals surface area (Å²) < 4.78 is 0. The van der Waals surface area contributed by atoms with Gasteiger partial charge in [-0.05, 0) is 65.7 Å². The molecule has 19 heavy (non-hydrogen) atoms. The number of nitrogens with zero attached hydrogens (tertiary/aromatic N) is 2. The number of likely N-dealkylation sites (tertiary alicyclic amines) is 2. The van der Waals surface area contributed by atoms with Crippen molar-refractivity contribution in [1.29, 1.82) is 0 Å². The SMILES string of the molecule is CC(C)=CCN1CCC(NCCN2CCCC2)CC1. The molecule has 0 unspecified atom stereocenters. The Labute approximate surface area is 119 Å². The largest absolute Gasteiger partial charge is 0.313 e. The van der Waals surface area contributed by atoms with Crippen LogP contribution in [0, 0.1) is 0 Å². The second-order valence-electron chi connectivity index (χ2n) is 6.36. The van der Waals surface area contributed by atoms with Crippen molar-refractivity contribution in [1.82, 2.24) is 15.1 Å². The number of piperidine rings is 1. The van der Waals surface area contributed by atoms with E-state index in [4.69, 9.17) is 0 Å². The number of hydrogen-bond donors (Lipinski definition) is 1. The van der Waals surface area contributed by atoms with Crippen LogP contribution in [0.4, 0.5) is 0 Å². The van der Waals surface area contributed by atoms with Crippen LogP contribution in [0.2, 0.25) is 0 Å². The van der Waals surface area contributed by atoms with Gasteiger partial charge in [0.05, 0.1) is 0 Å². The standard InChI is InChI=1S/C16H31N3/c1-15(2)5-11-19-12-6-16(7-13-19)17-8-14-18-9-3-4-10-18/h5,16-17H,3-4,6-14H2,1-2H3. The third-order valence-electron chi connectivity index (χ3n) is 4.41. The minimum absolute atomic E-state index is 0.755. The molecule has 0 atom stereocenters. The van der Waals surface area contributed by atoms with Crippen LogP contribution >= 0.6 is 0 Å². The highest BCUT2D eigenvalue weighted by Crippen LogP contribution is 2.11. The molecule has 1 N–H and O–H groups in total. The summed E-state index contributed by atoms with van der Waals surface area (Å²) in [6.45, 7) is 13.1. The van der Waals surface area contributed by atoms with Gasteiger partial charge in [0.2, 0.25) is 0 Å². The minimum atomic E-state index is 0.755. The number of nitrogens with one attached hydrogen (secondary N) is 1. The summed E-state index contributed by atoms with van der Waals surface area (Å²) in [5.41, 5.74) is 1.44. The molecule has 3 heteroatoms. The van der Waals surface area contributed by atoms with E-state index in [2.05, 4.69) is 35.0 Å². The van der Waals surface area contributed by atoms with Gasteiger partial charge in [-0.15, -0.1) is 0 Å². The van der Waals surface area contributed by atoms with E-state index in [-0.39, 0.29) is 0 Å². The van der Waals surface area contributed by atoms with E-state index in [1.807, 2.05) is 0 Å². The molecule has 0 spiro atoms. The summed E-state index contributed by atoms with van der Waals surface area (Å²) in [5, 5.41) is 3.75. The van der Waals surface area contributed by atoms with Crippen LogP contribution in [0.25, 0.3) is 0 Å². The van der Waals surface area contributed by atoms with Gasteiger partial charge in [0.15, 0.2) is 0 Å². The Kier molecular flexibility index (Phi) is 6.35. The van der Waals surface area contributed by atoms with Gasteiger partial charge >= 0.3 is 0 Å². The molecular weight excluding hydrogens is 234 g/mol. The minimum Gasteiger partial charge on any atom is -0.313 e. The number of rotatable bonds is 6. The highest BCUT2D eigenvalue weighted by atomic mass is 15.2. The molecule has 2 aliphatic heterocycles. The zero-order valence-electron chi connectivity index (χ0n) is 12.8. The van der Waals surface area contributed by atoms with E-state index >= 15 is 0 Å². The average Bonchev–Trinajstić information content (AvgIpc) is 2.91. The maximum atomic E-state index is 3.75. The molecule has 2 heterocycles. The quantitative estimate of drug-likeness (QED) is 0.742. The maximum absolute atomic E-state index is 3.75. The van der Waals surface area contributed by atoms with Crippen molar-refractivity contribution in [3.8, 4) is 0 Å². The van der Waals surface area contributed by atoms with Gasteiger partial charge in [-0.25, -0.2) is 0 Å². The van der Waals surface area contributed by atoms with Gasteiger partial charge in [0.1, 0.15) is 0 Å². The molecule has 0 amide bonds. The van der Waals surface area contributed by atoms with Gasteiger partial charge in [-0.2, -0.15) is 0 Å². The van der Waals surface area contributed by atoms with Crippen molar-refractivity contribution in [3.05, 3.63) is 11.6 Å². The van der Waals surface area contributed by atoms with Crippen molar-refractivity contribution in [2.45, 2.75) is 45.6 Å². The predicted octanol–water partition coefficient (Wildman–Crippen LogP) is 2.10. The lowest BCUT2D eigenvalue weighted by Gasteiger charge is -2.32. The zero-order chi connectivity index (χ0) is 13.5. The number of allylic oxidation sites excluding steroid dienone is 1. The van der Waals surface area contributed by atoms with Crippen molar-refractivity contribution >= 4 is 0 Å². The Balaban J connectivity index is 1.54. The van der Waals surface area contributed by atoms with Crippen LogP contribution in [0.3, 0.4) is 0 Å². The first-order valence-corrected chi connectivity index (χ1v) is 8.05. The molecule has 2 fully saturated rings. The van der Waals surface area contributed by atoms with Crippen molar-refractivity contribution in [3.63, 3.8) is 0 Å². The number of hydrogen-bond acceptors (Lipinski definition) is 3. The van der Waals surface area contributed by atoms with Crippen LogP contribution in [0.15, 0.2) is 11.6 Å². The third-order valence-corrected chi connectivity index (χ3v) is 4.41. The molecular formula is C16H31N3. The Hall–Kier alpha value is -0.380. The average molecular weight is 265 g/mol. The zero-order valence-corrected chi connectivity index (χ0v) is 12.8. The van der Waals surface area contributed by atoms with Crippen molar-refractivity contribution < 1.29 is 0 Å². The van der Waals surface area contributed by atoms with E-state index in [1.54, 1.807) is 0 Å². The monoisotopic (exact) mass is 265 g/mol. The summed E-state index contributed by atoms with van der Waals surface area (Å²) in [6, 6.07) is 0.755. The van der Waals surface area contributed by atoms with Crippen LogP contribution in [0.5, 0.6) is 0 Å². The second-order valence-corrected chi connectivity index (χ2v) is 6.36. The highest BCUT2D eigenvalue weighted by molar-refractivity contribution is 4.95. The third kappa shape index (κ3) is 5.64. The van der Waals surface area contributed by atoms with Gasteiger partial charge in [0.25, 0.3) is 0 Å². The lowest BCUT2D eigenvalue weighted by atomic mass is 10.0. The normalized spacial score (nSPS) is 22.8. The topological polar surface area (TPSA) is 18.5 Å². The fraction of sp³-hybridized carbons (Fsp3) is 0.875. The van der Waals surface area contributed by atoms with E-state index in [1.165, 1.54) is 70.5 Å². The van der Waals surface area contributed by atoms with Gasteiger partial charge in [-0.3, -0.25) is 4.90 Å². The second kappa shape index (κ2) is 8.03. The molecule has 2 saturated heterocycles. The van der Waals surface area contributed by atoms with Crippen molar-refractivity contribution in [2.24, 2.45) is 0 Å². The van der Waals surface area contributed by atoms with Crippen LogP contribution in [0.1, 0.15) is 39.5 Å². The Morgan fingerprint density at radius 2 is 1.74 bits per heavy atom. The van der Waals surface area contributed by atoms with E-state index in [0.29, 0.717) is 0 Å². The first-order chi connectivity index (χ1) is 9.24. The van der Waals surface area contributed by atoms with E-state index < -0.39 is 0 Å². The summed E-state index contributed by atoms with van der Waals surface area (Å²) >= 11 is 0. The van der Waals surface area contributed by atoms with Crippen LogP contribution in [-0.2, 0) is 0 Å². The first kappa shape index (κ1) is 15.0. The summed E-state index contributed by atoms with van der Waals surface area (Å²) in [7, 11) is 0. The first-order valence-electron chi connectivity index (χ1n) is 8.05. The fourth-order valence-corrected chi connectivity index (χ4v) is 3.06. The molecule has 0 bridgehead atoms. The van der Waals surface area contributed by atoms with Gasteiger partial charge in [-0.1, -0.05) is 11.6 Å². The lowest BCUT2D eigenvalue weighted by Crippen LogP contribution is -2.44. The Bertz CT molecular complexity index is 270. The summed E-state index contributed by atoms with van der Waals surface area (Å²) in [5.74, 6) is 0. The van der Waals surface area contributed by atoms with Crippen LogP contribution in [-0.4, -0.2) is 61.7 Å². The van der Waals surface area contributed by atoms with Gasteiger partial charge < -0.3 is 10.2 Å². The maximum Gasteiger partial charge on any atom is 0.0165 e. The molecule has 0 aromatic heterocycles. The fourth-order valence-electron chi connectivity index (χ4n) is 3.06. The van der Waals surface area contributed by atoms with Crippen molar-refractivity contribution in [2.75, 3.05) is 45.8 Å². The predicted molar refractivity (Wildman–Crippen MR) is 82.6 cm³/mol. The lowest BCUT2D eigenvalue weighted by molar-refractivity contribution is 0.210. The molecule has 0 saturated carbocycles. The van der Waals surface area contributed by atoms with Crippen LogP contribution < -0.4 is 5.32 Å². The molecule has 0 radical (unpaired) electrons. The highest BCUT2D eigenvalue weighted by Gasteiger charge is 2.18. The van der Waals surface area contributed by atoms with E-state index in [9.17, 15) is 0 Å². The molecule has 2 aliphatic rings. The summed E-state index contributed by atoms with van der Waals surface area (Å²) in [6.07, 6.45) is 7.79. The molecule has 0 aromatic rings. The molecule has 0 aromatic carbocycles. The Morgan fingerprint density at radius 1 is 1.05 bits per heavy atom.